The number of ether oxygens (including phenoxy) is 1. The first kappa shape index (κ1) is 20.4. The van der Waals surface area contributed by atoms with Gasteiger partial charge < -0.3 is 4.74 Å². The molecule has 0 radical (unpaired) electrons. The summed E-state index contributed by atoms with van der Waals surface area (Å²) in [6.45, 7) is 1.98. The molecule has 0 amide bonds. The lowest BCUT2D eigenvalue weighted by Crippen LogP contribution is -2.10. The molecule has 0 spiro atoms. The molecule has 0 unspecified atom stereocenters. The molecule has 0 atom stereocenters. The van der Waals surface area contributed by atoms with Gasteiger partial charge in [0.15, 0.2) is 0 Å². The molecule has 8 heteroatoms. The molecule has 6 nitrogen and oxygen atoms in total. The number of carbonyl (C=O) groups is 1. The number of H-pyrrole nitrogens is 1. The van der Waals surface area contributed by atoms with Crippen molar-refractivity contribution in [1.82, 2.24) is 15.2 Å². The number of aromatic nitrogens is 3. The van der Waals surface area contributed by atoms with Gasteiger partial charge in [0.2, 0.25) is 5.43 Å². The third-order valence-electron chi connectivity index (χ3n) is 5.08. The number of hydrogen-bond donors (Lipinski definition) is 1. The van der Waals surface area contributed by atoms with Gasteiger partial charge in [0.05, 0.1) is 29.6 Å². The minimum absolute atomic E-state index is 0.206. The summed E-state index contributed by atoms with van der Waals surface area (Å²) in [4.78, 5) is 31.3. The topological polar surface area (TPSA) is 84.9 Å². The summed E-state index contributed by atoms with van der Waals surface area (Å²) in [6, 6.07) is 16.7. The zero-order valence-corrected chi connectivity index (χ0v) is 18.5. The van der Waals surface area contributed by atoms with Gasteiger partial charge in [-0.2, -0.15) is 5.10 Å². The van der Waals surface area contributed by atoms with Crippen molar-refractivity contribution in [2.45, 2.75) is 6.92 Å². The van der Waals surface area contributed by atoms with E-state index in [1.165, 1.54) is 17.5 Å². The molecule has 1 N–H and O–H groups in total. The van der Waals surface area contributed by atoms with Gasteiger partial charge in [-0.25, -0.2) is 9.78 Å². The number of pyridine rings is 1. The number of fused-ring (bicyclic) bond motifs is 3. The van der Waals surface area contributed by atoms with E-state index < -0.39 is 5.97 Å². The Morgan fingerprint density at radius 3 is 2.56 bits per heavy atom. The highest BCUT2D eigenvalue weighted by atomic mass is 35.5. The molecule has 0 aliphatic carbocycles. The Kier molecular flexibility index (Phi) is 5.20. The minimum atomic E-state index is -0.490. The second kappa shape index (κ2) is 8.18. The van der Waals surface area contributed by atoms with E-state index in [9.17, 15) is 9.59 Å². The summed E-state index contributed by atoms with van der Waals surface area (Å²) in [6.07, 6.45) is 1.24. The molecular formula is C24H16ClN3O3S. The molecule has 32 heavy (non-hydrogen) atoms. The standard InChI is InChI=1S/C24H16ClN3O3S/c1-2-31-24(30)19-17(13-8-10-15(25)11-9-13)18-21-22(16(29)12-26-28-21)32-23(18)27-20(19)14-6-4-3-5-7-14/h3-12H,2H2,1H3,(H,28,29). The molecule has 5 rings (SSSR count). The number of thiophene rings is 1. The number of rotatable bonds is 4. The van der Waals surface area contributed by atoms with Crippen LogP contribution in [0.25, 0.3) is 42.8 Å². The largest absolute Gasteiger partial charge is 0.462 e. The molecule has 158 valence electrons. The molecule has 0 aliphatic heterocycles. The second-order valence-electron chi connectivity index (χ2n) is 7.02. The van der Waals surface area contributed by atoms with E-state index in [1.54, 1.807) is 19.1 Å². The van der Waals surface area contributed by atoms with Crippen molar-refractivity contribution >= 4 is 49.3 Å². The lowest BCUT2D eigenvalue weighted by atomic mass is 9.93. The van der Waals surface area contributed by atoms with Crippen LogP contribution < -0.4 is 5.43 Å². The van der Waals surface area contributed by atoms with Gasteiger partial charge in [-0.15, -0.1) is 11.3 Å². The van der Waals surface area contributed by atoms with E-state index in [0.29, 0.717) is 42.3 Å². The van der Waals surface area contributed by atoms with Gasteiger partial charge in [0.25, 0.3) is 0 Å². The smallest absolute Gasteiger partial charge is 0.341 e. The summed E-state index contributed by atoms with van der Waals surface area (Å²) in [5.41, 5.74) is 3.31. The van der Waals surface area contributed by atoms with Crippen molar-refractivity contribution in [3.63, 3.8) is 0 Å². The Morgan fingerprint density at radius 1 is 1.09 bits per heavy atom. The Balaban J connectivity index is 2.01. The van der Waals surface area contributed by atoms with Crippen LogP contribution in [0.1, 0.15) is 17.3 Å². The zero-order chi connectivity index (χ0) is 22.2. The molecular weight excluding hydrogens is 446 g/mol. The number of aromatic amines is 1. The van der Waals surface area contributed by atoms with Crippen molar-refractivity contribution in [2.24, 2.45) is 0 Å². The highest BCUT2D eigenvalue weighted by molar-refractivity contribution is 7.25. The van der Waals surface area contributed by atoms with Crippen LogP contribution in [-0.2, 0) is 4.74 Å². The first-order valence-electron chi connectivity index (χ1n) is 9.91. The van der Waals surface area contributed by atoms with Gasteiger partial charge in [0, 0.05) is 21.5 Å². The number of carbonyl (C=O) groups excluding carboxylic acids is 1. The van der Waals surface area contributed by atoms with E-state index in [4.69, 9.17) is 21.3 Å². The van der Waals surface area contributed by atoms with Crippen molar-refractivity contribution in [3.8, 4) is 22.4 Å². The maximum atomic E-state index is 13.3. The van der Waals surface area contributed by atoms with Gasteiger partial charge >= 0.3 is 5.97 Å². The quantitative estimate of drug-likeness (QED) is 0.347. The van der Waals surface area contributed by atoms with Crippen molar-refractivity contribution in [2.75, 3.05) is 6.61 Å². The van der Waals surface area contributed by atoms with Gasteiger partial charge in [-0.3, -0.25) is 9.89 Å². The molecule has 0 aliphatic rings. The molecule has 3 aromatic heterocycles. The SMILES string of the molecule is CCOC(=O)c1c(-c2ccccc2)nc2sc3c(=O)cn[nH]c3c2c1-c1ccc(Cl)cc1. The molecule has 0 saturated carbocycles. The minimum Gasteiger partial charge on any atom is -0.462 e. The Bertz CT molecular complexity index is 1530. The average Bonchev–Trinajstić information content (AvgIpc) is 3.19. The van der Waals surface area contributed by atoms with Gasteiger partial charge in [-0.1, -0.05) is 54.1 Å². The monoisotopic (exact) mass is 461 g/mol. The van der Waals surface area contributed by atoms with E-state index in [2.05, 4.69) is 10.2 Å². The first-order valence-corrected chi connectivity index (χ1v) is 11.1. The van der Waals surface area contributed by atoms with E-state index in [-0.39, 0.29) is 12.0 Å². The molecule has 0 saturated heterocycles. The van der Waals surface area contributed by atoms with Crippen LogP contribution in [0.5, 0.6) is 0 Å². The van der Waals surface area contributed by atoms with Crippen LogP contribution in [0.4, 0.5) is 0 Å². The zero-order valence-electron chi connectivity index (χ0n) is 16.9. The van der Waals surface area contributed by atoms with Crippen LogP contribution in [-0.4, -0.2) is 27.8 Å². The number of nitrogens with one attached hydrogen (secondary N) is 1. The predicted molar refractivity (Wildman–Crippen MR) is 127 cm³/mol. The fourth-order valence-electron chi connectivity index (χ4n) is 3.74. The second-order valence-corrected chi connectivity index (χ2v) is 8.46. The van der Waals surface area contributed by atoms with Crippen LogP contribution >= 0.6 is 22.9 Å². The average molecular weight is 462 g/mol. The van der Waals surface area contributed by atoms with Crippen LogP contribution in [0.15, 0.2) is 65.6 Å². The lowest BCUT2D eigenvalue weighted by molar-refractivity contribution is 0.0528. The number of benzene rings is 2. The first-order chi connectivity index (χ1) is 15.6. The maximum Gasteiger partial charge on any atom is 0.341 e. The van der Waals surface area contributed by atoms with Crippen LogP contribution in [0.2, 0.25) is 5.02 Å². The van der Waals surface area contributed by atoms with Gasteiger partial charge in [0.1, 0.15) is 9.53 Å². The van der Waals surface area contributed by atoms with Gasteiger partial charge in [-0.05, 0) is 24.6 Å². The molecule has 0 bridgehead atoms. The van der Waals surface area contributed by atoms with Crippen molar-refractivity contribution < 1.29 is 9.53 Å². The third-order valence-corrected chi connectivity index (χ3v) is 6.43. The summed E-state index contributed by atoms with van der Waals surface area (Å²) in [7, 11) is 0. The fraction of sp³-hybridized carbons (Fsp3) is 0.0833. The van der Waals surface area contributed by atoms with Crippen LogP contribution in [0, 0.1) is 0 Å². The Hall–Kier alpha value is -3.55. The maximum absolute atomic E-state index is 13.3. The van der Waals surface area contributed by atoms with E-state index in [1.807, 2.05) is 42.5 Å². The molecule has 3 heterocycles. The summed E-state index contributed by atoms with van der Waals surface area (Å²) in [5.74, 6) is -0.490. The lowest BCUT2D eigenvalue weighted by Gasteiger charge is -2.15. The third kappa shape index (κ3) is 3.36. The van der Waals surface area contributed by atoms with E-state index in [0.717, 1.165) is 11.1 Å². The molecule has 5 aromatic rings. The number of halogens is 1. The highest BCUT2D eigenvalue weighted by Crippen LogP contribution is 2.42. The predicted octanol–water partition coefficient (Wildman–Crippen LogP) is 5.70. The fourth-order valence-corrected chi connectivity index (χ4v) is 4.90. The van der Waals surface area contributed by atoms with Crippen molar-refractivity contribution in [3.05, 3.63) is 81.6 Å². The van der Waals surface area contributed by atoms with Crippen molar-refractivity contribution in [1.29, 1.82) is 0 Å². The summed E-state index contributed by atoms with van der Waals surface area (Å²) < 4.78 is 5.95. The number of nitrogens with zero attached hydrogens (tertiary/aromatic N) is 2. The van der Waals surface area contributed by atoms with E-state index >= 15 is 0 Å². The molecule has 0 fully saturated rings. The number of esters is 1. The summed E-state index contributed by atoms with van der Waals surface area (Å²) >= 11 is 7.40. The number of hydrogen-bond acceptors (Lipinski definition) is 6. The highest BCUT2D eigenvalue weighted by Gasteiger charge is 2.27. The molecule has 2 aromatic carbocycles. The Morgan fingerprint density at radius 2 is 1.84 bits per heavy atom. The normalized spacial score (nSPS) is 11.2. The Labute approximate surface area is 191 Å². The summed E-state index contributed by atoms with van der Waals surface area (Å²) in [5, 5.41) is 8.14. The van der Waals surface area contributed by atoms with Crippen LogP contribution in [0.3, 0.4) is 0 Å².